The van der Waals surface area contributed by atoms with Gasteiger partial charge in [-0.3, -0.25) is 15.1 Å². The highest BCUT2D eigenvalue weighted by Crippen LogP contribution is 2.20. The van der Waals surface area contributed by atoms with Gasteiger partial charge in [0.2, 0.25) is 5.91 Å². The molecule has 1 heterocycles. The van der Waals surface area contributed by atoms with Gasteiger partial charge in [-0.05, 0) is 18.3 Å². The number of carbonyl (C=O) groups is 1. The molecule has 76 valence electrons. The maximum absolute atomic E-state index is 11.0. The monoisotopic (exact) mass is 185 g/mol. The molecule has 0 spiro atoms. The second kappa shape index (κ2) is 4.58. The predicted molar refractivity (Wildman–Crippen MR) is 51.7 cm³/mol. The number of hydrazine groups is 1. The lowest BCUT2D eigenvalue weighted by atomic mass is 9.92. The number of likely N-dealkylation sites (tertiary alicyclic amines) is 1. The lowest BCUT2D eigenvalue weighted by Gasteiger charge is -2.34. The van der Waals surface area contributed by atoms with Gasteiger partial charge in [-0.25, -0.2) is 5.84 Å². The van der Waals surface area contributed by atoms with Crippen LogP contribution in [0.1, 0.15) is 20.3 Å². The molecule has 4 heteroatoms. The Balaban J connectivity index is 2.37. The molecule has 0 radical (unpaired) electrons. The van der Waals surface area contributed by atoms with Crippen molar-refractivity contribution < 1.29 is 4.79 Å². The van der Waals surface area contributed by atoms with E-state index in [2.05, 4.69) is 24.2 Å². The standard InChI is InChI=1S/C9H19N3O/c1-7-3-8(2)5-12(4-7)6-9(13)11-10/h7-8H,3-6,10H2,1-2H3,(H,11,13)/t7-,8+. The number of rotatable bonds is 2. The second-order valence-corrected chi connectivity index (χ2v) is 4.21. The normalized spacial score (nSPS) is 30.1. The van der Waals surface area contributed by atoms with Gasteiger partial charge in [0.15, 0.2) is 0 Å². The SMILES string of the molecule is C[C@@H]1C[C@H](C)CN(CC(=O)NN)C1. The third-order valence-electron chi connectivity index (χ3n) is 2.47. The Labute approximate surface area is 79.4 Å². The quantitative estimate of drug-likeness (QED) is 0.360. The number of nitrogens with one attached hydrogen (secondary N) is 1. The van der Waals surface area contributed by atoms with E-state index in [0.717, 1.165) is 13.1 Å². The Morgan fingerprint density at radius 1 is 1.46 bits per heavy atom. The molecular formula is C9H19N3O. The summed E-state index contributed by atoms with van der Waals surface area (Å²) in [5.41, 5.74) is 2.16. The zero-order chi connectivity index (χ0) is 9.84. The van der Waals surface area contributed by atoms with Crippen LogP contribution in [0.2, 0.25) is 0 Å². The molecule has 2 atom stereocenters. The first-order chi connectivity index (χ1) is 6.11. The molecule has 1 rings (SSSR count). The third-order valence-corrected chi connectivity index (χ3v) is 2.47. The maximum atomic E-state index is 11.0. The van der Waals surface area contributed by atoms with Crippen molar-refractivity contribution in [3.63, 3.8) is 0 Å². The molecule has 1 saturated heterocycles. The van der Waals surface area contributed by atoms with Gasteiger partial charge in [0, 0.05) is 13.1 Å². The summed E-state index contributed by atoms with van der Waals surface area (Å²) < 4.78 is 0. The Morgan fingerprint density at radius 3 is 2.46 bits per heavy atom. The minimum Gasteiger partial charge on any atom is -0.294 e. The van der Waals surface area contributed by atoms with Crippen LogP contribution >= 0.6 is 0 Å². The summed E-state index contributed by atoms with van der Waals surface area (Å²) in [4.78, 5) is 13.2. The average molecular weight is 185 g/mol. The summed E-state index contributed by atoms with van der Waals surface area (Å²) in [5, 5.41) is 0. The number of hydrogen-bond donors (Lipinski definition) is 2. The molecule has 0 bridgehead atoms. The zero-order valence-electron chi connectivity index (χ0n) is 8.42. The minimum absolute atomic E-state index is 0.0960. The van der Waals surface area contributed by atoms with Crippen molar-refractivity contribution in [2.45, 2.75) is 20.3 Å². The number of carbonyl (C=O) groups excluding carboxylic acids is 1. The van der Waals surface area contributed by atoms with Crippen molar-refractivity contribution >= 4 is 5.91 Å². The first kappa shape index (κ1) is 10.5. The first-order valence-electron chi connectivity index (χ1n) is 4.83. The van der Waals surface area contributed by atoms with Gasteiger partial charge in [-0.2, -0.15) is 0 Å². The van der Waals surface area contributed by atoms with Crippen molar-refractivity contribution in [2.75, 3.05) is 19.6 Å². The number of hydrogen-bond acceptors (Lipinski definition) is 3. The van der Waals surface area contributed by atoms with E-state index in [9.17, 15) is 4.79 Å². The number of piperidine rings is 1. The number of nitrogens with two attached hydrogens (primary N) is 1. The van der Waals surface area contributed by atoms with E-state index in [1.807, 2.05) is 0 Å². The van der Waals surface area contributed by atoms with E-state index < -0.39 is 0 Å². The van der Waals surface area contributed by atoms with E-state index in [4.69, 9.17) is 5.84 Å². The summed E-state index contributed by atoms with van der Waals surface area (Å²) in [6, 6.07) is 0. The zero-order valence-corrected chi connectivity index (χ0v) is 8.42. The fraction of sp³-hybridized carbons (Fsp3) is 0.889. The van der Waals surface area contributed by atoms with Crippen molar-refractivity contribution in [3.05, 3.63) is 0 Å². The van der Waals surface area contributed by atoms with Crippen LogP contribution in [0.5, 0.6) is 0 Å². The molecule has 0 aromatic carbocycles. The smallest absolute Gasteiger partial charge is 0.248 e. The van der Waals surface area contributed by atoms with Crippen LogP contribution in [0, 0.1) is 11.8 Å². The molecule has 1 aliphatic heterocycles. The van der Waals surface area contributed by atoms with E-state index in [0.29, 0.717) is 18.4 Å². The largest absolute Gasteiger partial charge is 0.294 e. The average Bonchev–Trinajstić information content (AvgIpc) is 2.02. The third kappa shape index (κ3) is 3.32. The van der Waals surface area contributed by atoms with Gasteiger partial charge in [-0.1, -0.05) is 13.8 Å². The van der Waals surface area contributed by atoms with E-state index in [1.165, 1.54) is 6.42 Å². The topological polar surface area (TPSA) is 58.4 Å². The summed E-state index contributed by atoms with van der Waals surface area (Å²) in [6.45, 7) is 6.91. The molecule has 1 amide bonds. The minimum atomic E-state index is -0.0960. The van der Waals surface area contributed by atoms with Crippen molar-refractivity contribution in [3.8, 4) is 0 Å². The summed E-state index contributed by atoms with van der Waals surface area (Å²) in [6.07, 6.45) is 1.26. The fourth-order valence-corrected chi connectivity index (χ4v) is 2.17. The van der Waals surface area contributed by atoms with Crippen LogP contribution in [0.25, 0.3) is 0 Å². The van der Waals surface area contributed by atoms with Crippen LogP contribution in [-0.2, 0) is 4.79 Å². The molecule has 1 aliphatic rings. The number of amides is 1. The molecule has 0 aliphatic carbocycles. The molecule has 13 heavy (non-hydrogen) atoms. The van der Waals surface area contributed by atoms with Crippen LogP contribution in [0.15, 0.2) is 0 Å². The Bertz CT molecular complexity index is 174. The van der Waals surface area contributed by atoms with Crippen LogP contribution in [0.4, 0.5) is 0 Å². The lowest BCUT2D eigenvalue weighted by Crippen LogP contribution is -2.46. The Morgan fingerprint density at radius 2 is 2.00 bits per heavy atom. The lowest BCUT2D eigenvalue weighted by molar-refractivity contribution is -0.122. The highest BCUT2D eigenvalue weighted by molar-refractivity contribution is 5.77. The van der Waals surface area contributed by atoms with Gasteiger partial charge in [0.1, 0.15) is 0 Å². The molecule has 1 fully saturated rings. The fourth-order valence-electron chi connectivity index (χ4n) is 2.17. The highest BCUT2D eigenvalue weighted by Gasteiger charge is 2.22. The molecule has 0 unspecified atom stereocenters. The Kier molecular flexibility index (Phi) is 3.69. The van der Waals surface area contributed by atoms with Gasteiger partial charge in [-0.15, -0.1) is 0 Å². The van der Waals surface area contributed by atoms with Crippen LogP contribution in [-0.4, -0.2) is 30.4 Å². The number of nitrogens with zero attached hydrogens (tertiary/aromatic N) is 1. The van der Waals surface area contributed by atoms with Gasteiger partial charge in [0.25, 0.3) is 0 Å². The van der Waals surface area contributed by atoms with Gasteiger partial charge < -0.3 is 0 Å². The molecule has 0 aromatic rings. The van der Waals surface area contributed by atoms with Crippen molar-refractivity contribution in [1.29, 1.82) is 0 Å². The van der Waals surface area contributed by atoms with E-state index in [-0.39, 0.29) is 5.91 Å². The second-order valence-electron chi connectivity index (χ2n) is 4.21. The van der Waals surface area contributed by atoms with Gasteiger partial charge in [0.05, 0.1) is 6.54 Å². The van der Waals surface area contributed by atoms with Crippen LogP contribution < -0.4 is 11.3 Å². The van der Waals surface area contributed by atoms with Crippen molar-refractivity contribution in [1.82, 2.24) is 10.3 Å². The highest BCUT2D eigenvalue weighted by atomic mass is 16.2. The molecule has 4 nitrogen and oxygen atoms in total. The summed E-state index contributed by atoms with van der Waals surface area (Å²) >= 11 is 0. The molecule has 0 aromatic heterocycles. The van der Waals surface area contributed by atoms with E-state index >= 15 is 0 Å². The summed E-state index contributed by atoms with van der Waals surface area (Å²) in [5.74, 6) is 6.31. The summed E-state index contributed by atoms with van der Waals surface area (Å²) in [7, 11) is 0. The molecule has 0 saturated carbocycles. The predicted octanol–water partition coefficient (Wildman–Crippen LogP) is -0.0458. The Hall–Kier alpha value is -0.610. The van der Waals surface area contributed by atoms with Crippen molar-refractivity contribution in [2.24, 2.45) is 17.7 Å². The van der Waals surface area contributed by atoms with Crippen LogP contribution in [0.3, 0.4) is 0 Å². The first-order valence-corrected chi connectivity index (χ1v) is 4.83. The van der Waals surface area contributed by atoms with Gasteiger partial charge >= 0.3 is 0 Å². The van der Waals surface area contributed by atoms with E-state index in [1.54, 1.807) is 0 Å². The molecular weight excluding hydrogens is 166 g/mol. The molecule has 3 N–H and O–H groups in total. The maximum Gasteiger partial charge on any atom is 0.248 e.